The average molecular weight is 396 g/mol. The van der Waals surface area contributed by atoms with Crippen LogP contribution in [0.5, 0.6) is 0 Å². The molecule has 0 spiro atoms. The van der Waals surface area contributed by atoms with Gasteiger partial charge in [-0.15, -0.1) is 11.8 Å². The van der Waals surface area contributed by atoms with Crippen molar-refractivity contribution in [3.8, 4) is 0 Å². The Morgan fingerprint density at radius 1 is 0.960 bits per heavy atom. The number of benzene rings is 2. The molecule has 0 heterocycles. The van der Waals surface area contributed by atoms with Gasteiger partial charge in [0.05, 0.1) is 21.0 Å². The van der Waals surface area contributed by atoms with Crippen LogP contribution in [0, 0.1) is 5.41 Å². The molecule has 0 unspecified atom stereocenters. The maximum atomic E-state index is 12.9. The first-order valence-electron chi connectivity index (χ1n) is 8.08. The van der Waals surface area contributed by atoms with Crippen molar-refractivity contribution in [1.82, 2.24) is 5.32 Å². The monoisotopic (exact) mass is 395 g/mol. The first-order valence-corrected chi connectivity index (χ1v) is 9.82. The van der Waals surface area contributed by atoms with Crippen LogP contribution in [0.1, 0.15) is 33.3 Å². The van der Waals surface area contributed by atoms with Crippen LogP contribution < -0.4 is 5.32 Å². The molecular formula is C20H23Cl2NOS. The van der Waals surface area contributed by atoms with E-state index in [0.29, 0.717) is 15.8 Å². The van der Waals surface area contributed by atoms with Crippen molar-refractivity contribution in [3.05, 3.63) is 64.1 Å². The van der Waals surface area contributed by atoms with Crippen LogP contribution in [0.2, 0.25) is 10.0 Å². The zero-order chi connectivity index (χ0) is 18.7. The number of nitrogens with one attached hydrogen (secondary N) is 1. The minimum Gasteiger partial charge on any atom is -0.347 e. The second-order valence-electron chi connectivity index (χ2n) is 7.17. The summed E-state index contributed by atoms with van der Waals surface area (Å²) < 4.78 is 0. The van der Waals surface area contributed by atoms with E-state index < -0.39 is 11.0 Å². The fraction of sp³-hybridized carbons (Fsp3) is 0.350. The van der Waals surface area contributed by atoms with Gasteiger partial charge in [-0.25, -0.2) is 0 Å². The molecule has 0 saturated heterocycles. The van der Waals surface area contributed by atoms with Crippen molar-refractivity contribution in [1.29, 1.82) is 0 Å². The number of hydrogen-bond acceptors (Lipinski definition) is 2. The van der Waals surface area contributed by atoms with Crippen molar-refractivity contribution < 1.29 is 4.79 Å². The number of rotatable bonds is 6. The molecule has 0 aromatic heterocycles. The van der Waals surface area contributed by atoms with E-state index in [-0.39, 0.29) is 5.91 Å². The molecule has 1 amide bonds. The minimum atomic E-state index is -0.570. The number of hydrogen-bond donors (Lipinski definition) is 1. The van der Waals surface area contributed by atoms with Gasteiger partial charge < -0.3 is 5.32 Å². The summed E-state index contributed by atoms with van der Waals surface area (Å²) in [6.45, 7) is 7.88. The van der Waals surface area contributed by atoms with E-state index in [1.54, 1.807) is 12.1 Å². The lowest BCUT2D eigenvalue weighted by atomic mass is 9.89. The van der Waals surface area contributed by atoms with Crippen LogP contribution in [-0.2, 0) is 10.3 Å². The summed E-state index contributed by atoms with van der Waals surface area (Å²) in [5.74, 6) is 0.574. The molecule has 2 aromatic rings. The van der Waals surface area contributed by atoms with Gasteiger partial charge in [0.2, 0.25) is 5.91 Å². The summed E-state index contributed by atoms with van der Waals surface area (Å²) in [6, 6.07) is 15.4. The fourth-order valence-corrected chi connectivity index (χ4v) is 4.09. The zero-order valence-corrected chi connectivity index (χ0v) is 17.2. The third-order valence-corrected chi connectivity index (χ3v) is 6.48. The Hall–Kier alpha value is -1.16. The zero-order valence-electron chi connectivity index (χ0n) is 14.9. The summed E-state index contributed by atoms with van der Waals surface area (Å²) in [6.07, 6.45) is 0. The van der Waals surface area contributed by atoms with Gasteiger partial charge in [0.15, 0.2) is 0 Å². The summed E-state index contributed by atoms with van der Waals surface area (Å²) in [7, 11) is 0. The molecule has 0 bridgehead atoms. The summed E-state index contributed by atoms with van der Waals surface area (Å²) >= 11 is 13.9. The van der Waals surface area contributed by atoms with E-state index in [9.17, 15) is 4.79 Å². The third-order valence-electron chi connectivity index (χ3n) is 4.03. The first kappa shape index (κ1) is 20.2. The molecule has 25 heavy (non-hydrogen) atoms. The molecule has 0 radical (unpaired) electrons. The van der Waals surface area contributed by atoms with Gasteiger partial charge >= 0.3 is 0 Å². The van der Waals surface area contributed by atoms with Gasteiger partial charge in [-0.2, -0.15) is 0 Å². The molecule has 5 heteroatoms. The van der Waals surface area contributed by atoms with Crippen molar-refractivity contribution in [3.63, 3.8) is 0 Å². The lowest BCUT2D eigenvalue weighted by molar-refractivity contribution is -0.130. The van der Waals surface area contributed by atoms with Crippen LogP contribution in [-0.4, -0.2) is 11.7 Å². The first-order chi connectivity index (χ1) is 11.6. The summed E-state index contributed by atoms with van der Waals surface area (Å²) in [4.78, 5) is 13.7. The normalized spacial score (nSPS) is 12.1. The smallest absolute Gasteiger partial charge is 0.227 e. The SMILES string of the molecule is CC(C)(CSc1c(Cl)cccc1Cl)C(=O)NC(C)(C)c1ccccc1. The molecule has 0 aliphatic carbocycles. The van der Waals surface area contributed by atoms with E-state index >= 15 is 0 Å². The highest BCUT2D eigenvalue weighted by atomic mass is 35.5. The molecule has 0 atom stereocenters. The Morgan fingerprint density at radius 2 is 1.52 bits per heavy atom. The van der Waals surface area contributed by atoms with E-state index in [0.717, 1.165) is 10.5 Å². The molecule has 2 nitrogen and oxygen atoms in total. The predicted octanol–water partition coefficient (Wildman–Crippen LogP) is 6.16. The van der Waals surface area contributed by atoms with Crippen LogP contribution in [0.15, 0.2) is 53.4 Å². The van der Waals surface area contributed by atoms with Crippen LogP contribution in [0.3, 0.4) is 0 Å². The van der Waals surface area contributed by atoms with Gasteiger partial charge in [0, 0.05) is 10.6 Å². The lowest BCUT2D eigenvalue weighted by Crippen LogP contribution is -2.47. The van der Waals surface area contributed by atoms with Crippen molar-refractivity contribution in [2.45, 2.75) is 38.1 Å². The van der Waals surface area contributed by atoms with Crippen molar-refractivity contribution in [2.24, 2.45) is 5.41 Å². The minimum absolute atomic E-state index is 0.00275. The summed E-state index contributed by atoms with van der Waals surface area (Å²) in [5, 5.41) is 4.38. The number of carbonyl (C=O) groups is 1. The Balaban J connectivity index is 2.07. The molecule has 1 N–H and O–H groups in total. The predicted molar refractivity (Wildman–Crippen MR) is 109 cm³/mol. The second kappa shape index (κ2) is 8.03. The molecule has 134 valence electrons. The highest BCUT2D eigenvalue weighted by Gasteiger charge is 2.33. The standard InChI is InChI=1S/C20H23Cl2NOS/c1-19(2,13-25-17-15(21)11-8-12-16(17)22)18(24)23-20(3,4)14-9-6-5-7-10-14/h5-12H,13H2,1-4H3,(H,23,24). The summed E-state index contributed by atoms with van der Waals surface area (Å²) in [5.41, 5.74) is 0.0580. The van der Waals surface area contributed by atoms with Crippen LogP contribution in [0.4, 0.5) is 0 Å². The van der Waals surface area contributed by atoms with Gasteiger partial charge in [0.25, 0.3) is 0 Å². The molecule has 2 rings (SSSR count). The highest BCUT2D eigenvalue weighted by Crippen LogP contribution is 2.37. The number of thioether (sulfide) groups is 1. The molecule has 0 saturated carbocycles. The van der Waals surface area contributed by atoms with Gasteiger partial charge in [-0.3, -0.25) is 4.79 Å². The quantitative estimate of drug-likeness (QED) is 0.592. The van der Waals surface area contributed by atoms with E-state index in [4.69, 9.17) is 23.2 Å². The Labute approximate surface area is 164 Å². The average Bonchev–Trinajstić information content (AvgIpc) is 2.54. The molecular weight excluding hydrogens is 373 g/mol. The van der Waals surface area contributed by atoms with Crippen LogP contribution in [0.25, 0.3) is 0 Å². The number of amides is 1. The second-order valence-corrected chi connectivity index (χ2v) is 8.97. The Bertz CT molecular complexity index is 724. The number of halogens is 2. The Kier molecular flexibility index (Phi) is 6.47. The molecule has 0 aliphatic rings. The maximum absolute atomic E-state index is 12.9. The van der Waals surface area contributed by atoms with Gasteiger partial charge in [-0.05, 0) is 31.5 Å². The molecule has 2 aromatic carbocycles. The van der Waals surface area contributed by atoms with E-state index in [1.807, 2.05) is 64.1 Å². The van der Waals surface area contributed by atoms with Gasteiger partial charge in [-0.1, -0.05) is 73.4 Å². The van der Waals surface area contributed by atoms with Crippen molar-refractivity contribution in [2.75, 3.05) is 5.75 Å². The number of carbonyl (C=O) groups excluding carboxylic acids is 1. The fourth-order valence-electron chi connectivity index (χ4n) is 2.32. The molecule has 0 fully saturated rings. The maximum Gasteiger partial charge on any atom is 0.227 e. The van der Waals surface area contributed by atoms with Gasteiger partial charge in [0.1, 0.15) is 0 Å². The highest BCUT2D eigenvalue weighted by molar-refractivity contribution is 7.99. The topological polar surface area (TPSA) is 29.1 Å². The Morgan fingerprint density at radius 3 is 2.08 bits per heavy atom. The van der Waals surface area contributed by atoms with Crippen molar-refractivity contribution >= 4 is 40.9 Å². The third kappa shape index (κ3) is 5.16. The lowest BCUT2D eigenvalue weighted by Gasteiger charge is -2.32. The van der Waals surface area contributed by atoms with E-state index in [1.165, 1.54) is 11.8 Å². The largest absolute Gasteiger partial charge is 0.347 e. The van der Waals surface area contributed by atoms with E-state index in [2.05, 4.69) is 5.32 Å². The molecule has 0 aliphatic heterocycles. The van der Waals surface area contributed by atoms with Crippen LogP contribution >= 0.6 is 35.0 Å².